The van der Waals surface area contributed by atoms with Gasteiger partial charge in [0.05, 0.1) is 0 Å². The summed E-state index contributed by atoms with van der Waals surface area (Å²) in [7, 11) is 0. The van der Waals surface area contributed by atoms with Gasteiger partial charge in [-0.15, -0.1) is 0 Å². The first-order valence-electron chi connectivity index (χ1n) is 9.31. The molecule has 24 heavy (non-hydrogen) atoms. The molecule has 1 aromatic heterocycles. The van der Waals surface area contributed by atoms with Crippen LogP contribution >= 0.6 is 0 Å². The Hall–Kier alpha value is -1.36. The van der Waals surface area contributed by atoms with Crippen molar-refractivity contribution >= 4 is 5.91 Å². The summed E-state index contributed by atoms with van der Waals surface area (Å²) in [6.45, 7) is 17.9. The lowest BCUT2D eigenvalue weighted by Crippen LogP contribution is -2.50. The normalized spacial score (nSPS) is 15.3. The summed E-state index contributed by atoms with van der Waals surface area (Å²) in [5, 5.41) is 7.11. The number of hydrogen-bond acceptors (Lipinski definition) is 4. The molecule has 2 unspecified atom stereocenters. The number of carbonyl (C=O) groups is 1. The minimum absolute atomic E-state index is 0.0199. The highest BCUT2D eigenvalue weighted by molar-refractivity contribution is 5.93. The Labute approximate surface area is 147 Å². The van der Waals surface area contributed by atoms with Crippen molar-refractivity contribution in [1.82, 2.24) is 15.4 Å². The smallest absolute Gasteiger partial charge is 0.273 e. The van der Waals surface area contributed by atoms with Gasteiger partial charge < -0.3 is 14.7 Å². The van der Waals surface area contributed by atoms with Gasteiger partial charge in [-0.25, -0.2) is 0 Å². The Kier molecular flexibility index (Phi) is 7.94. The molecule has 0 aliphatic heterocycles. The average molecular weight is 338 g/mol. The Morgan fingerprint density at radius 2 is 2.00 bits per heavy atom. The van der Waals surface area contributed by atoms with E-state index < -0.39 is 0 Å². The Balaban J connectivity index is 2.83. The van der Waals surface area contributed by atoms with E-state index >= 15 is 0 Å². The fourth-order valence-electron chi connectivity index (χ4n) is 3.08. The van der Waals surface area contributed by atoms with Gasteiger partial charge in [0, 0.05) is 24.6 Å². The minimum atomic E-state index is -0.137. The fraction of sp³-hybridized carbons (Fsp3) is 0.789. The van der Waals surface area contributed by atoms with Crippen LogP contribution in [0.3, 0.4) is 0 Å². The van der Waals surface area contributed by atoms with Crippen molar-refractivity contribution < 1.29 is 9.32 Å². The highest BCUT2D eigenvalue weighted by Gasteiger charge is 2.33. The second-order valence-electron chi connectivity index (χ2n) is 7.00. The first-order chi connectivity index (χ1) is 11.3. The van der Waals surface area contributed by atoms with E-state index in [0.717, 1.165) is 50.2 Å². The molecular weight excluding hydrogens is 302 g/mol. The molecule has 0 aliphatic rings. The van der Waals surface area contributed by atoms with E-state index in [1.165, 1.54) is 0 Å². The first kappa shape index (κ1) is 20.7. The van der Waals surface area contributed by atoms with Gasteiger partial charge in [0.15, 0.2) is 5.69 Å². The van der Waals surface area contributed by atoms with Crippen LogP contribution in [0.1, 0.15) is 76.2 Å². The van der Waals surface area contributed by atoms with Crippen molar-refractivity contribution in [2.45, 2.75) is 73.8 Å². The summed E-state index contributed by atoms with van der Waals surface area (Å²) in [6.07, 6.45) is 2.90. The third-order valence-corrected chi connectivity index (χ3v) is 5.33. The summed E-state index contributed by atoms with van der Waals surface area (Å²) in [6, 6.07) is 0.0575. The maximum absolute atomic E-state index is 12.6. The van der Waals surface area contributed by atoms with Gasteiger partial charge in [0.25, 0.3) is 5.91 Å². The van der Waals surface area contributed by atoms with Crippen LogP contribution in [0.15, 0.2) is 4.52 Å². The van der Waals surface area contributed by atoms with Crippen LogP contribution in [0.2, 0.25) is 0 Å². The molecule has 138 valence electrons. The lowest BCUT2D eigenvalue weighted by atomic mass is 9.79. The van der Waals surface area contributed by atoms with Crippen molar-refractivity contribution in [2.75, 3.05) is 19.6 Å². The Morgan fingerprint density at radius 3 is 2.46 bits per heavy atom. The molecule has 1 heterocycles. The number of carbonyl (C=O) groups excluding carboxylic acids is 1. The van der Waals surface area contributed by atoms with Crippen molar-refractivity contribution in [1.29, 1.82) is 0 Å². The molecule has 0 fully saturated rings. The number of nitrogens with one attached hydrogen (secondary N) is 1. The number of aromatic nitrogens is 1. The molecule has 0 aliphatic carbocycles. The predicted octanol–water partition coefficient (Wildman–Crippen LogP) is 3.81. The number of amides is 1. The molecule has 0 saturated carbocycles. The first-order valence-corrected chi connectivity index (χ1v) is 9.31. The Morgan fingerprint density at radius 1 is 1.33 bits per heavy atom. The third-order valence-electron chi connectivity index (χ3n) is 5.33. The molecule has 0 saturated heterocycles. The molecule has 5 nitrogen and oxygen atoms in total. The number of aryl methyl sites for hydroxylation is 1. The van der Waals surface area contributed by atoms with Gasteiger partial charge in [0.1, 0.15) is 5.76 Å². The number of hydrogen-bond donors (Lipinski definition) is 1. The quantitative estimate of drug-likeness (QED) is 0.705. The maximum atomic E-state index is 12.6. The fourth-order valence-corrected chi connectivity index (χ4v) is 3.08. The molecule has 5 heteroatoms. The van der Waals surface area contributed by atoms with Gasteiger partial charge in [-0.3, -0.25) is 4.79 Å². The largest absolute Gasteiger partial charge is 0.360 e. The van der Waals surface area contributed by atoms with Crippen LogP contribution in [0.5, 0.6) is 0 Å². The molecule has 2 atom stereocenters. The molecule has 1 amide bonds. The van der Waals surface area contributed by atoms with Crippen molar-refractivity contribution in [3.63, 3.8) is 0 Å². The van der Waals surface area contributed by atoms with E-state index in [2.05, 4.69) is 50.0 Å². The number of nitrogens with zero attached hydrogens (tertiary/aromatic N) is 2. The lowest BCUT2D eigenvalue weighted by molar-refractivity contribution is 0.0826. The van der Waals surface area contributed by atoms with Gasteiger partial charge in [0.2, 0.25) is 0 Å². The van der Waals surface area contributed by atoms with Crippen molar-refractivity contribution in [2.24, 2.45) is 5.41 Å². The van der Waals surface area contributed by atoms with E-state index in [0.29, 0.717) is 5.69 Å². The SMILES string of the molecule is CCCN(CC)CC(C)(CC)C(C)NC(=O)c1noc(CC)c1C. The third kappa shape index (κ3) is 4.82. The zero-order chi connectivity index (χ0) is 18.3. The van der Waals surface area contributed by atoms with Crippen molar-refractivity contribution in [3.05, 3.63) is 17.0 Å². The zero-order valence-corrected chi connectivity index (χ0v) is 16.5. The van der Waals surface area contributed by atoms with E-state index in [1.807, 2.05) is 13.8 Å². The monoisotopic (exact) mass is 337 g/mol. The summed E-state index contributed by atoms with van der Waals surface area (Å²) < 4.78 is 5.25. The molecule has 1 aromatic rings. The van der Waals surface area contributed by atoms with Gasteiger partial charge in [-0.2, -0.15) is 0 Å². The van der Waals surface area contributed by atoms with Crippen LogP contribution in [-0.4, -0.2) is 41.6 Å². The molecule has 0 radical (unpaired) electrons. The Bertz CT molecular complexity index is 527. The summed E-state index contributed by atoms with van der Waals surface area (Å²) in [5.74, 6) is 0.646. The zero-order valence-electron chi connectivity index (χ0n) is 16.5. The van der Waals surface area contributed by atoms with Crippen LogP contribution in [0.4, 0.5) is 0 Å². The standard InChI is InChI=1S/C19H35N3O2/c1-8-12-22(11-4)13-19(7,10-3)15(6)20-18(23)17-14(5)16(9-2)24-21-17/h15H,8-13H2,1-7H3,(H,20,23). The summed E-state index contributed by atoms with van der Waals surface area (Å²) in [4.78, 5) is 15.1. The van der Waals surface area contributed by atoms with E-state index in [4.69, 9.17) is 4.52 Å². The van der Waals surface area contributed by atoms with E-state index in [1.54, 1.807) is 0 Å². The molecule has 0 aromatic carbocycles. The number of rotatable bonds is 10. The van der Waals surface area contributed by atoms with Crippen LogP contribution in [0.25, 0.3) is 0 Å². The minimum Gasteiger partial charge on any atom is -0.360 e. The maximum Gasteiger partial charge on any atom is 0.273 e. The van der Waals surface area contributed by atoms with E-state index in [-0.39, 0.29) is 17.4 Å². The van der Waals surface area contributed by atoms with Gasteiger partial charge >= 0.3 is 0 Å². The molecule has 0 bridgehead atoms. The predicted molar refractivity (Wildman–Crippen MR) is 98.3 cm³/mol. The molecule has 0 spiro atoms. The van der Waals surface area contributed by atoms with Crippen LogP contribution in [0, 0.1) is 12.3 Å². The summed E-state index contributed by atoms with van der Waals surface area (Å²) >= 11 is 0. The van der Waals surface area contributed by atoms with Gasteiger partial charge in [-0.1, -0.05) is 39.8 Å². The highest BCUT2D eigenvalue weighted by Crippen LogP contribution is 2.28. The highest BCUT2D eigenvalue weighted by atomic mass is 16.5. The van der Waals surface area contributed by atoms with Crippen LogP contribution < -0.4 is 5.32 Å². The average Bonchev–Trinajstić information content (AvgIpc) is 2.94. The molecule has 1 N–H and O–H groups in total. The molecule has 1 rings (SSSR count). The second-order valence-corrected chi connectivity index (χ2v) is 7.00. The summed E-state index contributed by atoms with van der Waals surface area (Å²) in [5.41, 5.74) is 1.28. The second kappa shape index (κ2) is 9.21. The topological polar surface area (TPSA) is 58.4 Å². The van der Waals surface area contributed by atoms with Gasteiger partial charge in [-0.05, 0) is 45.2 Å². The lowest BCUT2D eigenvalue weighted by Gasteiger charge is -2.39. The molecular formula is C19H35N3O2. The van der Waals surface area contributed by atoms with Crippen LogP contribution in [-0.2, 0) is 6.42 Å². The van der Waals surface area contributed by atoms with Crippen molar-refractivity contribution in [3.8, 4) is 0 Å². The van der Waals surface area contributed by atoms with E-state index in [9.17, 15) is 4.79 Å².